The summed E-state index contributed by atoms with van der Waals surface area (Å²) in [5.74, 6) is 0.727. The maximum absolute atomic E-state index is 6.06. The first-order chi connectivity index (χ1) is 8.65. The molecule has 100 valence electrons. The van der Waals surface area contributed by atoms with E-state index in [1.54, 1.807) is 0 Å². The van der Waals surface area contributed by atoms with Crippen molar-refractivity contribution < 1.29 is 0 Å². The van der Waals surface area contributed by atoms with E-state index < -0.39 is 0 Å². The number of rotatable bonds is 5. The summed E-state index contributed by atoms with van der Waals surface area (Å²) < 4.78 is 0. The number of nitrogens with one attached hydrogen (secondary N) is 1. The lowest BCUT2D eigenvalue weighted by Crippen LogP contribution is -2.40. The minimum atomic E-state index is 0.352. The normalized spacial score (nSPS) is 23.8. The molecule has 1 aliphatic carbocycles. The minimum absolute atomic E-state index is 0.352. The third-order valence-electron chi connectivity index (χ3n) is 3.80. The van der Waals surface area contributed by atoms with Crippen molar-refractivity contribution in [2.24, 2.45) is 11.7 Å². The molecule has 2 atom stereocenters. The molecule has 1 aliphatic rings. The Kier molecular flexibility index (Phi) is 4.79. The van der Waals surface area contributed by atoms with Crippen LogP contribution < -0.4 is 11.1 Å². The molecule has 1 saturated carbocycles. The van der Waals surface area contributed by atoms with Crippen LogP contribution in [-0.4, -0.2) is 12.1 Å². The van der Waals surface area contributed by atoms with Gasteiger partial charge in [-0.15, -0.1) is 0 Å². The molecule has 0 amide bonds. The second-order valence-corrected chi connectivity index (χ2v) is 6.00. The van der Waals surface area contributed by atoms with Gasteiger partial charge in [0.15, 0.2) is 0 Å². The van der Waals surface area contributed by atoms with Gasteiger partial charge in [-0.25, -0.2) is 0 Å². The lowest BCUT2D eigenvalue weighted by Gasteiger charge is -2.17. The SMILES string of the molecule is CC(C)Cc1ccc(CNC2CCCC2N)cc1. The van der Waals surface area contributed by atoms with Gasteiger partial charge in [0.05, 0.1) is 0 Å². The molecule has 0 saturated heterocycles. The summed E-state index contributed by atoms with van der Waals surface area (Å²) in [7, 11) is 0. The average Bonchev–Trinajstić information content (AvgIpc) is 2.73. The number of benzene rings is 1. The zero-order valence-corrected chi connectivity index (χ0v) is 11.7. The first kappa shape index (κ1) is 13.6. The van der Waals surface area contributed by atoms with Gasteiger partial charge in [0.1, 0.15) is 0 Å². The molecule has 18 heavy (non-hydrogen) atoms. The van der Waals surface area contributed by atoms with Gasteiger partial charge in [0.2, 0.25) is 0 Å². The van der Waals surface area contributed by atoms with Crippen LogP contribution in [0.15, 0.2) is 24.3 Å². The Balaban J connectivity index is 1.82. The Hall–Kier alpha value is -0.860. The Labute approximate surface area is 111 Å². The highest BCUT2D eigenvalue weighted by molar-refractivity contribution is 5.22. The molecular formula is C16H26N2. The number of hydrogen-bond donors (Lipinski definition) is 2. The molecule has 0 heterocycles. The minimum Gasteiger partial charge on any atom is -0.326 e. The number of nitrogens with two attached hydrogens (primary N) is 1. The first-order valence-corrected chi connectivity index (χ1v) is 7.22. The molecule has 1 aromatic carbocycles. The fourth-order valence-electron chi connectivity index (χ4n) is 2.76. The molecule has 0 radical (unpaired) electrons. The third kappa shape index (κ3) is 3.82. The van der Waals surface area contributed by atoms with E-state index in [-0.39, 0.29) is 0 Å². The maximum Gasteiger partial charge on any atom is 0.0222 e. The molecule has 1 aromatic rings. The van der Waals surface area contributed by atoms with Gasteiger partial charge < -0.3 is 11.1 Å². The lowest BCUT2D eigenvalue weighted by molar-refractivity contribution is 0.475. The molecular weight excluding hydrogens is 220 g/mol. The van der Waals surface area contributed by atoms with Gasteiger partial charge in [-0.3, -0.25) is 0 Å². The predicted octanol–water partition coefficient (Wildman–Crippen LogP) is 2.85. The van der Waals surface area contributed by atoms with Crippen LogP contribution in [0.4, 0.5) is 0 Å². The van der Waals surface area contributed by atoms with E-state index in [1.165, 1.54) is 36.8 Å². The zero-order chi connectivity index (χ0) is 13.0. The fourth-order valence-corrected chi connectivity index (χ4v) is 2.76. The first-order valence-electron chi connectivity index (χ1n) is 7.22. The van der Waals surface area contributed by atoms with Crippen molar-refractivity contribution in [2.45, 2.75) is 58.2 Å². The summed E-state index contributed by atoms with van der Waals surface area (Å²) in [6.45, 7) is 5.47. The summed E-state index contributed by atoms with van der Waals surface area (Å²) in [5.41, 5.74) is 8.86. The molecule has 0 aromatic heterocycles. The molecule has 2 unspecified atom stereocenters. The van der Waals surface area contributed by atoms with Crippen molar-refractivity contribution in [3.05, 3.63) is 35.4 Å². The summed E-state index contributed by atoms with van der Waals surface area (Å²) in [6, 6.07) is 9.86. The molecule has 3 N–H and O–H groups in total. The Bertz CT molecular complexity index is 356. The summed E-state index contributed by atoms with van der Waals surface area (Å²) >= 11 is 0. The van der Waals surface area contributed by atoms with Crippen LogP contribution in [-0.2, 0) is 13.0 Å². The largest absolute Gasteiger partial charge is 0.326 e. The van der Waals surface area contributed by atoms with Gasteiger partial charge in [0.25, 0.3) is 0 Å². The van der Waals surface area contributed by atoms with Crippen molar-refractivity contribution in [3.8, 4) is 0 Å². The highest BCUT2D eigenvalue weighted by Crippen LogP contribution is 2.17. The van der Waals surface area contributed by atoms with E-state index in [2.05, 4.69) is 43.4 Å². The maximum atomic E-state index is 6.06. The van der Waals surface area contributed by atoms with E-state index >= 15 is 0 Å². The molecule has 0 aliphatic heterocycles. The van der Waals surface area contributed by atoms with Crippen LogP contribution in [0.3, 0.4) is 0 Å². The van der Waals surface area contributed by atoms with Gasteiger partial charge >= 0.3 is 0 Å². The second-order valence-electron chi connectivity index (χ2n) is 6.00. The fraction of sp³-hybridized carbons (Fsp3) is 0.625. The highest BCUT2D eigenvalue weighted by Gasteiger charge is 2.22. The van der Waals surface area contributed by atoms with Crippen LogP contribution >= 0.6 is 0 Å². The zero-order valence-electron chi connectivity index (χ0n) is 11.7. The Morgan fingerprint density at radius 2 is 1.83 bits per heavy atom. The quantitative estimate of drug-likeness (QED) is 0.838. The highest BCUT2D eigenvalue weighted by atomic mass is 15.0. The smallest absolute Gasteiger partial charge is 0.0222 e. The Morgan fingerprint density at radius 3 is 2.39 bits per heavy atom. The van der Waals surface area contributed by atoms with E-state index in [0.29, 0.717) is 12.1 Å². The molecule has 0 spiro atoms. The van der Waals surface area contributed by atoms with Crippen LogP contribution in [0.1, 0.15) is 44.2 Å². The van der Waals surface area contributed by atoms with E-state index in [0.717, 1.165) is 12.5 Å². The monoisotopic (exact) mass is 246 g/mol. The van der Waals surface area contributed by atoms with Gasteiger partial charge in [-0.05, 0) is 36.3 Å². The van der Waals surface area contributed by atoms with Crippen molar-refractivity contribution in [3.63, 3.8) is 0 Å². The molecule has 2 heteroatoms. The average molecular weight is 246 g/mol. The summed E-state index contributed by atoms with van der Waals surface area (Å²) in [6.07, 6.45) is 4.84. The van der Waals surface area contributed by atoms with Crippen LogP contribution in [0.25, 0.3) is 0 Å². The molecule has 2 nitrogen and oxygen atoms in total. The predicted molar refractivity (Wildman–Crippen MR) is 77.4 cm³/mol. The second kappa shape index (κ2) is 6.35. The van der Waals surface area contributed by atoms with Crippen LogP contribution in [0, 0.1) is 5.92 Å². The molecule has 1 fully saturated rings. The van der Waals surface area contributed by atoms with Crippen LogP contribution in [0.2, 0.25) is 0 Å². The molecule has 2 rings (SSSR count). The topological polar surface area (TPSA) is 38.0 Å². The standard InChI is InChI=1S/C16H26N2/c1-12(2)10-13-6-8-14(9-7-13)11-18-16-5-3-4-15(16)17/h6-9,12,15-16,18H,3-5,10-11,17H2,1-2H3. The number of hydrogen-bond acceptors (Lipinski definition) is 2. The van der Waals surface area contributed by atoms with E-state index in [1.807, 2.05) is 0 Å². The summed E-state index contributed by atoms with van der Waals surface area (Å²) in [5, 5.41) is 3.58. The van der Waals surface area contributed by atoms with Gasteiger partial charge in [-0.2, -0.15) is 0 Å². The van der Waals surface area contributed by atoms with Crippen molar-refractivity contribution in [1.82, 2.24) is 5.32 Å². The summed E-state index contributed by atoms with van der Waals surface area (Å²) in [4.78, 5) is 0. The van der Waals surface area contributed by atoms with Crippen molar-refractivity contribution >= 4 is 0 Å². The third-order valence-corrected chi connectivity index (χ3v) is 3.80. The van der Waals surface area contributed by atoms with E-state index in [4.69, 9.17) is 5.73 Å². The lowest BCUT2D eigenvalue weighted by atomic mass is 10.0. The Morgan fingerprint density at radius 1 is 1.17 bits per heavy atom. The van der Waals surface area contributed by atoms with Crippen molar-refractivity contribution in [1.29, 1.82) is 0 Å². The van der Waals surface area contributed by atoms with Gasteiger partial charge in [-0.1, -0.05) is 44.5 Å². The van der Waals surface area contributed by atoms with Crippen molar-refractivity contribution in [2.75, 3.05) is 0 Å². The van der Waals surface area contributed by atoms with Gasteiger partial charge in [0, 0.05) is 18.6 Å². The van der Waals surface area contributed by atoms with Crippen LogP contribution in [0.5, 0.6) is 0 Å². The molecule has 0 bridgehead atoms. The van der Waals surface area contributed by atoms with E-state index in [9.17, 15) is 0 Å².